The number of hydrogen-bond donors (Lipinski definition) is 4. The van der Waals surface area contributed by atoms with Crippen molar-refractivity contribution in [2.45, 2.75) is 6.92 Å². The number of hydrogen-bond acceptors (Lipinski definition) is 6. The number of aromatic hydroxyl groups is 1. The predicted molar refractivity (Wildman–Crippen MR) is 101 cm³/mol. The highest BCUT2D eigenvalue weighted by Crippen LogP contribution is 2.31. The highest BCUT2D eigenvalue weighted by atomic mass is 16.4. The van der Waals surface area contributed by atoms with Crippen molar-refractivity contribution >= 4 is 22.7 Å². The summed E-state index contributed by atoms with van der Waals surface area (Å²) in [4.78, 5) is 20.3. The van der Waals surface area contributed by atoms with Gasteiger partial charge < -0.3 is 20.8 Å². The average molecular weight is 352 g/mol. The van der Waals surface area contributed by atoms with E-state index in [4.69, 9.17) is 0 Å². The zero-order chi connectivity index (χ0) is 18.5. The lowest BCUT2D eigenvalue weighted by Gasteiger charge is -2.12. The number of carboxylic acid groups (broad SMARTS) is 1. The largest absolute Gasteiger partial charge is 0.507 e. The standard InChI is InChI=1S/C19H20N4O3/c1-2-20-9-10-21-17-13-5-3-4-6-15(13)22-18(23-17)14-11-12(19(25)26)7-8-16(14)24/h3-8,11,20,24H,2,9-10H2,1H3,(H,25,26)(H,21,22,23). The van der Waals surface area contributed by atoms with Gasteiger partial charge in [0.15, 0.2) is 5.82 Å². The summed E-state index contributed by atoms with van der Waals surface area (Å²) in [6.07, 6.45) is 0. The second-order valence-corrected chi connectivity index (χ2v) is 5.73. The van der Waals surface area contributed by atoms with Crippen LogP contribution in [-0.2, 0) is 0 Å². The molecule has 0 fully saturated rings. The van der Waals surface area contributed by atoms with Crippen LogP contribution < -0.4 is 10.6 Å². The zero-order valence-corrected chi connectivity index (χ0v) is 14.4. The number of phenols is 1. The Bertz CT molecular complexity index is 943. The number of aromatic nitrogens is 2. The molecular weight excluding hydrogens is 332 g/mol. The second kappa shape index (κ2) is 7.79. The van der Waals surface area contributed by atoms with Crippen molar-refractivity contribution in [1.82, 2.24) is 15.3 Å². The number of benzene rings is 2. The van der Waals surface area contributed by atoms with Crippen LogP contribution in [0.2, 0.25) is 0 Å². The van der Waals surface area contributed by atoms with Crippen LogP contribution >= 0.6 is 0 Å². The van der Waals surface area contributed by atoms with Crippen molar-refractivity contribution < 1.29 is 15.0 Å². The fraction of sp³-hybridized carbons (Fsp3) is 0.211. The van der Waals surface area contributed by atoms with Crippen LogP contribution in [0, 0.1) is 0 Å². The molecule has 3 aromatic rings. The zero-order valence-electron chi connectivity index (χ0n) is 14.4. The molecule has 0 aliphatic rings. The van der Waals surface area contributed by atoms with Gasteiger partial charge in [0.25, 0.3) is 0 Å². The van der Waals surface area contributed by atoms with E-state index >= 15 is 0 Å². The van der Waals surface area contributed by atoms with Crippen molar-refractivity contribution in [1.29, 1.82) is 0 Å². The number of anilines is 1. The van der Waals surface area contributed by atoms with Crippen molar-refractivity contribution in [3.05, 3.63) is 48.0 Å². The molecule has 0 aliphatic heterocycles. The van der Waals surface area contributed by atoms with E-state index in [2.05, 4.69) is 20.6 Å². The minimum Gasteiger partial charge on any atom is -0.507 e. The molecule has 4 N–H and O–H groups in total. The summed E-state index contributed by atoms with van der Waals surface area (Å²) in [5.74, 6) is -0.223. The topological polar surface area (TPSA) is 107 Å². The summed E-state index contributed by atoms with van der Waals surface area (Å²) in [5.41, 5.74) is 1.06. The van der Waals surface area contributed by atoms with E-state index in [0.29, 0.717) is 17.9 Å². The van der Waals surface area contributed by atoms with Crippen LogP contribution in [-0.4, -0.2) is 45.8 Å². The lowest BCUT2D eigenvalue weighted by molar-refractivity contribution is 0.0697. The van der Waals surface area contributed by atoms with Crippen LogP contribution in [0.5, 0.6) is 5.75 Å². The lowest BCUT2D eigenvalue weighted by atomic mass is 10.1. The fourth-order valence-electron chi connectivity index (χ4n) is 2.63. The normalized spacial score (nSPS) is 10.8. The molecule has 0 amide bonds. The SMILES string of the molecule is CCNCCNc1nc(-c2cc(C(=O)O)ccc2O)nc2ccccc12. The maximum absolute atomic E-state index is 11.2. The van der Waals surface area contributed by atoms with Crippen molar-refractivity contribution in [3.8, 4) is 17.1 Å². The lowest BCUT2D eigenvalue weighted by Crippen LogP contribution is -2.22. The third kappa shape index (κ3) is 3.73. The molecule has 134 valence electrons. The molecule has 0 aliphatic carbocycles. The monoisotopic (exact) mass is 352 g/mol. The van der Waals surface area contributed by atoms with Gasteiger partial charge in [-0.05, 0) is 36.9 Å². The quantitative estimate of drug-likeness (QED) is 0.484. The van der Waals surface area contributed by atoms with E-state index in [-0.39, 0.29) is 22.7 Å². The molecular formula is C19H20N4O3. The van der Waals surface area contributed by atoms with Gasteiger partial charge in [-0.3, -0.25) is 0 Å². The first-order chi connectivity index (χ1) is 12.6. The van der Waals surface area contributed by atoms with Gasteiger partial charge in [-0.25, -0.2) is 14.8 Å². The first-order valence-corrected chi connectivity index (χ1v) is 8.38. The number of rotatable bonds is 7. The molecule has 1 aromatic heterocycles. The Labute approximate surface area is 150 Å². The Morgan fingerprint density at radius 2 is 1.92 bits per heavy atom. The van der Waals surface area contributed by atoms with Crippen molar-refractivity contribution in [2.24, 2.45) is 0 Å². The smallest absolute Gasteiger partial charge is 0.335 e. The maximum Gasteiger partial charge on any atom is 0.335 e. The summed E-state index contributed by atoms with van der Waals surface area (Å²) >= 11 is 0. The maximum atomic E-state index is 11.2. The number of carboxylic acids is 1. The Hall–Kier alpha value is -3.19. The van der Waals surface area contributed by atoms with E-state index in [9.17, 15) is 15.0 Å². The number of nitrogens with zero attached hydrogens (tertiary/aromatic N) is 2. The summed E-state index contributed by atoms with van der Waals surface area (Å²) in [5, 5.41) is 26.7. The molecule has 7 heteroatoms. The molecule has 0 saturated heterocycles. The summed E-state index contributed by atoms with van der Waals surface area (Å²) < 4.78 is 0. The Kier molecular flexibility index (Phi) is 5.28. The Morgan fingerprint density at radius 3 is 2.69 bits per heavy atom. The number of carbonyl (C=O) groups is 1. The number of para-hydroxylation sites is 1. The van der Waals surface area contributed by atoms with Crippen LogP contribution in [0.3, 0.4) is 0 Å². The van der Waals surface area contributed by atoms with Gasteiger partial charge in [0.05, 0.1) is 16.6 Å². The van der Waals surface area contributed by atoms with Gasteiger partial charge >= 0.3 is 5.97 Å². The second-order valence-electron chi connectivity index (χ2n) is 5.73. The minimum atomic E-state index is -1.07. The van der Waals surface area contributed by atoms with Gasteiger partial charge in [-0.2, -0.15) is 0 Å². The molecule has 1 heterocycles. The van der Waals surface area contributed by atoms with E-state index < -0.39 is 5.97 Å². The third-order valence-corrected chi connectivity index (χ3v) is 3.93. The summed E-state index contributed by atoms with van der Waals surface area (Å²) in [6.45, 7) is 4.38. The van der Waals surface area contributed by atoms with Crippen LogP contribution in [0.15, 0.2) is 42.5 Å². The van der Waals surface area contributed by atoms with Crippen LogP contribution in [0.4, 0.5) is 5.82 Å². The van der Waals surface area contributed by atoms with Gasteiger partial charge in [0, 0.05) is 18.5 Å². The molecule has 0 unspecified atom stereocenters. The summed E-state index contributed by atoms with van der Waals surface area (Å²) in [6, 6.07) is 11.6. The minimum absolute atomic E-state index is 0.0659. The van der Waals surface area contributed by atoms with Gasteiger partial charge in [-0.15, -0.1) is 0 Å². The highest BCUT2D eigenvalue weighted by Gasteiger charge is 2.15. The average Bonchev–Trinajstić information content (AvgIpc) is 2.65. The number of phenolic OH excluding ortho intramolecular Hbond substituents is 1. The van der Waals surface area contributed by atoms with Crippen LogP contribution in [0.25, 0.3) is 22.3 Å². The van der Waals surface area contributed by atoms with Gasteiger partial charge in [0.1, 0.15) is 11.6 Å². The Morgan fingerprint density at radius 1 is 1.12 bits per heavy atom. The molecule has 2 aromatic carbocycles. The first kappa shape index (κ1) is 17.6. The molecule has 7 nitrogen and oxygen atoms in total. The van der Waals surface area contributed by atoms with E-state index in [1.165, 1.54) is 18.2 Å². The van der Waals surface area contributed by atoms with E-state index in [1.54, 1.807) is 0 Å². The molecule has 3 rings (SSSR count). The summed E-state index contributed by atoms with van der Waals surface area (Å²) in [7, 11) is 0. The fourth-order valence-corrected chi connectivity index (χ4v) is 2.63. The Balaban J connectivity index is 2.06. The number of fused-ring (bicyclic) bond motifs is 1. The third-order valence-electron chi connectivity index (χ3n) is 3.93. The molecule has 0 atom stereocenters. The van der Waals surface area contributed by atoms with E-state index in [1.807, 2.05) is 31.2 Å². The number of nitrogens with one attached hydrogen (secondary N) is 2. The number of aromatic carboxylic acids is 1. The van der Waals surface area contributed by atoms with Crippen molar-refractivity contribution in [2.75, 3.05) is 25.0 Å². The molecule has 0 spiro atoms. The van der Waals surface area contributed by atoms with E-state index in [0.717, 1.165) is 18.5 Å². The molecule has 0 bridgehead atoms. The molecule has 26 heavy (non-hydrogen) atoms. The molecule has 0 radical (unpaired) electrons. The highest BCUT2D eigenvalue weighted by molar-refractivity contribution is 5.92. The molecule has 0 saturated carbocycles. The van der Waals surface area contributed by atoms with Crippen LogP contribution in [0.1, 0.15) is 17.3 Å². The number of likely N-dealkylation sites (N-methyl/N-ethyl adjacent to an activating group) is 1. The first-order valence-electron chi connectivity index (χ1n) is 8.38. The van der Waals surface area contributed by atoms with Gasteiger partial charge in [0.2, 0.25) is 0 Å². The van der Waals surface area contributed by atoms with Crippen molar-refractivity contribution in [3.63, 3.8) is 0 Å². The predicted octanol–water partition coefficient (Wildman–Crippen LogP) is 2.72. The van der Waals surface area contributed by atoms with Gasteiger partial charge in [-0.1, -0.05) is 19.1 Å².